The van der Waals surface area contributed by atoms with Gasteiger partial charge in [0.1, 0.15) is 0 Å². The van der Waals surface area contributed by atoms with E-state index in [1.807, 2.05) is 12.1 Å². The maximum Gasteiger partial charge on any atom is 0.288 e. The Balaban J connectivity index is 2.66. The van der Waals surface area contributed by atoms with Gasteiger partial charge in [-0.1, -0.05) is 37.7 Å². The molecule has 1 unspecified atom stereocenters. The summed E-state index contributed by atoms with van der Waals surface area (Å²) in [6.45, 7) is 5.52. The van der Waals surface area contributed by atoms with Crippen LogP contribution in [0, 0.1) is 11.8 Å². The Labute approximate surface area is 111 Å². The van der Waals surface area contributed by atoms with Crippen molar-refractivity contribution in [2.75, 3.05) is 18.4 Å². The fourth-order valence-corrected chi connectivity index (χ4v) is 2.26. The first kappa shape index (κ1) is 15.2. The number of hydrogen-bond acceptors (Lipinski definition) is 3. The monoisotopic (exact) mass is 274 g/mol. The van der Waals surface area contributed by atoms with Crippen molar-refractivity contribution in [3.8, 4) is 0 Å². The lowest BCUT2D eigenvalue weighted by atomic mass is 9.96. The molecule has 0 aromatic heterocycles. The number of thioether (sulfide) groups is 1. The number of nitrogens with one attached hydrogen (secondary N) is 1. The lowest BCUT2D eigenvalue weighted by Crippen LogP contribution is -2.27. The van der Waals surface area contributed by atoms with Crippen LogP contribution in [0.1, 0.15) is 13.8 Å². The minimum Gasteiger partial charge on any atom is -0.384 e. The Bertz CT molecular complexity index is 359. The second kappa shape index (κ2) is 7.59. The van der Waals surface area contributed by atoms with Crippen LogP contribution in [0.2, 0.25) is 0 Å². The van der Waals surface area contributed by atoms with Gasteiger partial charge < -0.3 is 11.1 Å². The van der Waals surface area contributed by atoms with Gasteiger partial charge in [-0.3, -0.25) is 0 Å². The van der Waals surface area contributed by atoms with Crippen molar-refractivity contribution < 1.29 is 8.78 Å². The third kappa shape index (κ3) is 4.82. The van der Waals surface area contributed by atoms with Crippen LogP contribution in [0.5, 0.6) is 0 Å². The third-order valence-corrected chi connectivity index (χ3v) is 3.69. The molecule has 0 fully saturated rings. The Kier molecular flexibility index (Phi) is 6.43. The van der Waals surface area contributed by atoms with Gasteiger partial charge in [-0.25, -0.2) is 0 Å². The number of benzene rings is 1. The highest BCUT2D eigenvalue weighted by atomic mass is 32.2. The Morgan fingerprint density at radius 1 is 1.28 bits per heavy atom. The summed E-state index contributed by atoms with van der Waals surface area (Å²) in [6, 6.07) is 7.12. The van der Waals surface area contributed by atoms with Crippen molar-refractivity contribution in [1.29, 1.82) is 0 Å². The molecule has 0 saturated heterocycles. The van der Waals surface area contributed by atoms with Gasteiger partial charge in [0.05, 0.1) is 0 Å². The van der Waals surface area contributed by atoms with Gasteiger partial charge in [-0.15, -0.1) is 0 Å². The van der Waals surface area contributed by atoms with Crippen LogP contribution in [0.25, 0.3) is 0 Å². The van der Waals surface area contributed by atoms with E-state index in [0.29, 0.717) is 41.6 Å². The van der Waals surface area contributed by atoms with E-state index >= 15 is 0 Å². The molecule has 1 rings (SSSR count). The highest BCUT2D eigenvalue weighted by Crippen LogP contribution is 2.31. The second-order valence-corrected chi connectivity index (χ2v) is 5.53. The van der Waals surface area contributed by atoms with E-state index in [-0.39, 0.29) is 0 Å². The fourth-order valence-electron chi connectivity index (χ4n) is 1.64. The molecule has 0 bridgehead atoms. The minimum absolute atomic E-state index is 0.342. The molecule has 0 heterocycles. The van der Waals surface area contributed by atoms with Crippen molar-refractivity contribution in [2.45, 2.75) is 24.5 Å². The molecule has 1 atom stereocenters. The summed E-state index contributed by atoms with van der Waals surface area (Å²) in [5.41, 5.74) is 6.44. The third-order valence-electron chi connectivity index (χ3n) is 2.90. The molecule has 0 aliphatic heterocycles. The highest BCUT2D eigenvalue weighted by Gasteiger charge is 2.13. The molecule has 0 aliphatic rings. The smallest absolute Gasteiger partial charge is 0.288 e. The van der Waals surface area contributed by atoms with Crippen LogP contribution in [-0.4, -0.2) is 18.8 Å². The first-order chi connectivity index (χ1) is 8.54. The van der Waals surface area contributed by atoms with Crippen LogP contribution in [0.15, 0.2) is 29.2 Å². The predicted octanol–water partition coefficient (Wildman–Crippen LogP) is 3.64. The SMILES string of the molecule is CC(C)C(CN)CNc1ccccc1SC(F)F. The van der Waals surface area contributed by atoms with E-state index in [1.165, 1.54) is 0 Å². The molecule has 0 saturated carbocycles. The van der Waals surface area contributed by atoms with Gasteiger partial charge in [-0.05, 0) is 30.5 Å². The summed E-state index contributed by atoms with van der Waals surface area (Å²) in [6.07, 6.45) is 0. The zero-order chi connectivity index (χ0) is 13.5. The molecule has 18 heavy (non-hydrogen) atoms. The van der Waals surface area contributed by atoms with E-state index in [9.17, 15) is 8.78 Å². The summed E-state index contributed by atoms with van der Waals surface area (Å²) < 4.78 is 24.8. The molecule has 5 heteroatoms. The van der Waals surface area contributed by atoms with Gasteiger partial charge in [0.25, 0.3) is 5.76 Å². The zero-order valence-electron chi connectivity index (χ0n) is 10.7. The van der Waals surface area contributed by atoms with Crippen LogP contribution < -0.4 is 11.1 Å². The van der Waals surface area contributed by atoms with E-state index in [1.54, 1.807) is 12.1 Å². The number of hydrogen-bond donors (Lipinski definition) is 2. The number of nitrogens with two attached hydrogens (primary N) is 1. The molecule has 2 nitrogen and oxygen atoms in total. The lowest BCUT2D eigenvalue weighted by molar-refractivity contribution is 0.252. The number of rotatable bonds is 7. The number of anilines is 1. The van der Waals surface area contributed by atoms with Crippen molar-refractivity contribution >= 4 is 17.4 Å². The van der Waals surface area contributed by atoms with Crippen molar-refractivity contribution in [1.82, 2.24) is 0 Å². The van der Waals surface area contributed by atoms with E-state index in [0.717, 1.165) is 5.69 Å². The summed E-state index contributed by atoms with van der Waals surface area (Å²) in [5.74, 6) is -1.59. The lowest BCUT2D eigenvalue weighted by Gasteiger charge is -2.21. The van der Waals surface area contributed by atoms with Gasteiger partial charge in [0.15, 0.2) is 0 Å². The van der Waals surface area contributed by atoms with Crippen molar-refractivity contribution in [3.05, 3.63) is 24.3 Å². The zero-order valence-corrected chi connectivity index (χ0v) is 11.5. The van der Waals surface area contributed by atoms with Crippen molar-refractivity contribution in [2.24, 2.45) is 17.6 Å². The van der Waals surface area contributed by atoms with Crippen LogP contribution in [0.4, 0.5) is 14.5 Å². The summed E-state index contributed by atoms with van der Waals surface area (Å²) in [4.78, 5) is 0.576. The summed E-state index contributed by atoms with van der Waals surface area (Å²) in [7, 11) is 0. The van der Waals surface area contributed by atoms with Gasteiger partial charge >= 0.3 is 0 Å². The number of para-hydroxylation sites is 1. The first-order valence-electron chi connectivity index (χ1n) is 6.02. The van der Waals surface area contributed by atoms with E-state index < -0.39 is 5.76 Å². The Hall–Kier alpha value is -0.810. The molecule has 102 valence electrons. The Morgan fingerprint density at radius 2 is 1.94 bits per heavy atom. The van der Waals surface area contributed by atoms with Gasteiger partial charge in [0.2, 0.25) is 0 Å². The topological polar surface area (TPSA) is 38.0 Å². The van der Waals surface area contributed by atoms with Crippen LogP contribution in [0.3, 0.4) is 0 Å². The Morgan fingerprint density at radius 3 is 2.50 bits per heavy atom. The molecular weight excluding hydrogens is 254 g/mol. The highest BCUT2D eigenvalue weighted by molar-refractivity contribution is 7.99. The molecule has 3 N–H and O–H groups in total. The number of halogens is 2. The molecule has 1 aromatic rings. The predicted molar refractivity (Wildman–Crippen MR) is 74.2 cm³/mol. The molecule has 0 aliphatic carbocycles. The van der Waals surface area contributed by atoms with Crippen LogP contribution >= 0.6 is 11.8 Å². The van der Waals surface area contributed by atoms with Crippen LogP contribution in [-0.2, 0) is 0 Å². The number of alkyl halides is 2. The standard InChI is InChI=1S/C13H20F2N2S/c1-9(2)10(7-16)8-17-11-5-3-4-6-12(11)18-13(14)15/h3-6,9-10,13,17H,7-8,16H2,1-2H3. The molecule has 0 radical (unpaired) electrons. The molecular formula is C13H20F2N2S. The van der Waals surface area contributed by atoms with Gasteiger partial charge in [0, 0.05) is 17.1 Å². The van der Waals surface area contributed by atoms with E-state index in [4.69, 9.17) is 5.73 Å². The average Bonchev–Trinajstić information content (AvgIpc) is 2.30. The molecule has 0 amide bonds. The maximum absolute atomic E-state index is 12.4. The fraction of sp³-hybridized carbons (Fsp3) is 0.538. The maximum atomic E-state index is 12.4. The second-order valence-electron chi connectivity index (χ2n) is 4.50. The minimum atomic E-state index is -2.40. The molecule has 0 spiro atoms. The average molecular weight is 274 g/mol. The first-order valence-corrected chi connectivity index (χ1v) is 6.90. The van der Waals surface area contributed by atoms with E-state index in [2.05, 4.69) is 19.2 Å². The van der Waals surface area contributed by atoms with Gasteiger partial charge in [-0.2, -0.15) is 8.78 Å². The summed E-state index contributed by atoms with van der Waals surface area (Å²) in [5, 5.41) is 3.22. The molecule has 1 aromatic carbocycles. The summed E-state index contributed by atoms with van der Waals surface area (Å²) >= 11 is 0.566. The normalized spacial score (nSPS) is 13.1. The largest absolute Gasteiger partial charge is 0.384 e. The quantitative estimate of drug-likeness (QED) is 0.745. The van der Waals surface area contributed by atoms with Crippen molar-refractivity contribution in [3.63, 3.8) is 0 Å².